The Morgan fingerprint density at radius 2 is 2.15 bits per heavy atom. The van der Waals surface area contributed by atoms with E-state index in [1.807, 2.05) is 0 Å². The van der Waals surface area contributed by atoms with Crippen LogP contribution >= 0.6 is 15.9 Å². The summed E-state index contributed by atoms with van der Waals surface area (Å²) in [4.78, 5) is 0. The number of alkyl halides is 3. The molecule has 1 rings (SSSR count). The zero-order valence-electron chi connectivity index (χ0n) is 7.04. The Morgan fingerprint density at radius 3 is 2.54 bits per heavy atom. The molecular formula is C7H10BBrF2O2. The van der Waals surface area contributed by atoms with E-state index in [0.717, 1.165) is 13.0 Å². The van der Waals surface area contributed by atoms with Crippen LogP contribution in [0.25, 0.3) is 0 Å². The van der Waals surface area contributed by atoms with Crippen molar-refractivity contribution < 1.29 is 18.8 Å². The SMILES string of the molecule is CC1(F)CC(Br)(B(O)O)C=CC1F. The van der Waals surface area contributed by atoms with Crippen molar-refractivity contribution in [2.45, 2.75) is 29.4 Å². The van der Waals surface area contributed by atoms with Crippen LogP contribution in [0.5, 0.6) is 0 Å². The molecule has 3 atom stereocenters. The molecule has 74 valence electrons. The largest absolute Gasteiger partial charge is 0.473 e. The second kappa shape index (κ2) is 3.33. The topological polar surface area (TPSA) is 40.5 Å². The number of halogens is 3. The molecule has 0 saturated heterocycles. The van der Waals surface area contributed by atoms with E-state index in [1.165, 1.54) is 6.08 Å². The Morgan fingerprint density at radius 1 is 1.62 bits per heavy atom. The maximum absolute atomic E-state index is 13.4. The zero-order chi connectivity index (χ0) is 10.3. The fourth-order valence-electron chi connectivity index (χ4n) is 1.31. The molecule has 0 spiro atoms. The molecule has 13 heavy (non-hydrogen) atoms. The van der Waals surface area contributed by atoms with Gasteiger partial charge in [0.2, 0.25) is 0 Å². The maximum Gasteiger partial charge on any atom is 0.473 e. The van der Waals surface area contributed by atoms with Gasteiger partial charge >= 0.3 is 7.12 Å². The summed E-state index contributed by atoms with van der Waals surface area (Å²) in [6.07, 6.45) is 0.230. The van der Waals surface area contributed by atoms with Crippen LogP contribution in [0.1, 0.15) is 13.3 Å². The number of hydrogen-bond acceptors (Lipinski definition) is 2. The van der Waals surface area contributed by atoms with Gasteiger partial charge in [0.05, 0.1) is 4.22 Å². The van der Waals surface area contributed by atoms with E-state index in [2.05, 4.69) is 15.9 Å². The van der Waals surface area contributed by atoms with Crippen LogP contribution in [0.15, 0.2) is 12.2 Å². The van der Waals surface area contributed by atoms with E-state index >= 15 is 0 Å². The highest BCUT2D eigenvalue weighted by Crippen LogP contribution is 2.40. The lowest BCUT2D eigenvalue weighted by molar-refractivity contribution is 0.0765. The quantitative estimate of drug-likeness (QED) is 0.419. The summed E-state index contributed by atoms with van der Waals surface area (Å²) in [5.74, 6) is 0. The lowest BCUT2D eigenvalue weighted by atomic mass is 9.64. The van der Waals surface area contributed by atoms with Crippen molar-refractivity contribution in [3.8, 4) is 0 Å². The van der Waals surface area contributed by atoms with E-state index in [9.17, 15) is 8.78 Å². The molecule has 0 bridgehead atoms. The minimum Gasteiger partial charge on any atom is -0.426 e. The van der Waals surface area contributed by atoms with Crippen molar-refractivity contribution in [3.63, 3.8) is 0 Å². The van der Waals surface area contributed by atoms with Crippen molar-refractivity contribution in [2.24, 2.45) is 0 Å². The van der Waals surface area contributed by atoms with E-state index in [1.54, 1.807) is 0 Å². The lowest BCUT2D eigenvalue weighted by Gasteiger charge is -2.35. The summed E-state index contributed by atoms with van der Waals surface area (Å²) in [6.45, 7) is 1.10. The summed E-state index contributed by atoms with van der Waals surface area (Å²) in [6, 6.07) is 0. The smallest absolute Gasteiger partial charge is 0.426 e. The highest BCUT2D eigenvalue weighted by atomic mass is 79.9. The fourth-order valence-corrected chi connectivity index (χ4v) is 2.01. The Balaban J connectivity index is 2.92. The van der Waals surface area contributed by atoms with Crippen LogP contribution in [0.4, 0.5) is 8.78 Å². The van der Waals surface area contributed by atoms with Gasteiger partial charge in [-0.15, -0.1) is 0 Å². The van der Waals surface area contributed by atoms with Gasteiger partial charge in [-0.2, -0.15) is 0 Å². The van der Waals surface area contributed by atoms with Crippen molar-refractivity contribution in [1.82, 2.24) is 0 Å². The van der Waals surface area contributed by atoms with Gasteiger partial charge in [0.1, 0.15) is 5.67 Å². The second-order valence-corrected chi connectivity index (χ2v) is 4.99. The first-order valence-electron chi connectivity index (χ1n) is 3.85. The van der Waals surface area contributed by atoms with Gasteiger partial charge in [0.15, 0.2) is 6.17 Å². The average Bonchev–Trinajstić information content (AvgIpc) is 1.96. The normalized spacial score (nSPS) is 44.9. The van der Waals surface area contributed by atoms with E-state index in [0.29, 0.717) is 0 Å². The van der Waals surface area contributed by atoms with Gasteiger partial charge in [-0.25, -0.2) is 8.78 Å². The Kier molecular flexibility index (Phi) is 2.85. The molecule has 0 aromatic carbocycles. The highest BCUT2D eigenvalue weighted by Gasteiger charge is 2.50. The molecule has 0 heterocycles. The molecule has 2 nitrogen and oxygen atoms in total. The van der Waals surface area contributed by atoms with Crippen LogP contribution < -0.4 is 0 Å². The third kappa shape index (κ3) is 2.11. The molecule has 0 fully saturated rings. The second-order valence-electron chi connectivity index (χ2n) is 3.52. The predicted octanol–water partition coefficient (Wildman–Crippen LogP) is 1.16. The summed E-state index contributed by atoms with van der Waals surface area (Å²) in [5.41, 5.74) is -2.07. The standard InChI is InChI=1S/C7H10BBrF2O2/c1-6(11)4-7(9,8(12)13)3-2-5(6)10/h2-3,5,12-13H,4H2,1H3. The van der Waals surface area contributed by atoms with E-state index < -0.39 is 23.2 Å². The Hall–Kier alpha value is 0.0649. The molecule has 0 amide bonds. The molecule has 1 aliphatic carbocycles. The van der Waals surface area contributed by atoms with Gasteiger partial charge in [0.25, 0.3) is 0 Å². The van der Waals surface area contributed by atoms with Gasteiger partial charge in [-0.05, 0) is 6.92 Å². The van der Waals surface area contributed by atoms with Crippen LogP contribution in [0.2, 0.25) is 0 Å². The summed E-state index contributed by atoms with van der Waals surface area (Å²) in [5, 5.41) is 17.8. The molecule has 0 radical (unpaired) electrons. The first-order chi connectivity index (χ1) is 5.78. The van der Waals surface area contributed by atoms with Gasteiger partial charge in [-0.3, -0.25) is 0 Å². The molecule has 0 aromatic rings. The minimum atomic E-state index is -2.07. The molecule has 0 aromatic heterocycles. The lowest BCUT2D eigenvalue weighted by Crippen LogP contribution is -2.49. The van der Waals surface area contributed by atoms with Gasteiger partial charge in [-0.1, -0.05) is 28.1 Å². The van der Waals surface area contributed by atoms with Crippen molar-refractivity contribution in [1.29, 1.82) is 0 Å². The third-order valence-electron chi connectivity index (χ3n) is 2.16. The Bertz CT molecular complexity index is 235. The van der Waals surface area contributed by atoms with Gasteiger partial charge < -0.3 is 10.0 Å². The van der Waals surface area contributed by atoms with E-state index in [-0.39, 0.29) is 6.42 Å². The molecule has 1 aliphatic rings. The minimum absolute atomic E-state index is 0.310. The van der Waals surface area contributed by atoms with E-state index in [4.69, 9.17) is 10.0 Å². The summed E-state index contributed by atoms with van der Waals surface area (Å²) < 4.78 is 25.1. The van der Waals surface area contributed by atoms with Crippen molar-refractivity contribution >= 4 is 23.0 Å². The monoisotopic (exact) mass is 254 g/mol. The summed E-state index contributed by atoms with van der Waals surface area (Å²) in [7, 11) is -1.74. The Labute approximate surface area is 83.9 Å². The highest BCUT2D eigenvalue weighted by molar-refractivity contribution is 9.10. The van der Waals surface area contributed by atoms with Crippen LogP contribution in [-0.2, 0) is 0 Å². The summed E-state index contributed by atoms with van der Waals surface area (Å²) >= 11 is 2.97. The number of allylic oxidation sites excluding steroid dienone is 2. The maximum atomic E-state index is 13.4. The van der Waals surface area contributed by atoms with Crippen molar-refractivity contribution in [3.05, 3.63) is 12.2 Å². The molecule has 0 saturated carbocycles. The third-order valence-corrected chi connectivity index (χ3v) is 3.12. The van der Waals surface area contributed by atoms with Crippen LogP contribution in [-0.4, -0.2) is 33.2 Å². The van der Waals surface area contributed by atoms with Crippen LogP contribution in [0.3, 0.4) is 0 Å². The molecule has 2 N–H and O–H groups in total. The van der Waals surface area contributed by atoms with Crippen molar-refractivity contribution in [2.75, 3.05) is 0 Å². The first kappa shape index (κ1) is 11.1. The first-order valence-corrected chi connectivity index (χ1v) is 4.65. The molecule has 0 aliphatic heterocycles. The average molecular weight is 255 g/mol. The van der Waals surface area contributed by atoms with Crippen LogP contribution in [0, 0.1) is 0 Å². The number of hydrogen-bond donors (Lipinski definition) is 2. The molecular weight excluding hydrogens is 245 g/mol. The molecule has 3 unspecified atom stereocenters. The van der Waals surface area contributed by atoms with Gasteiger partial charge in [0, 0.05) is 6.42 Å². The molecule has 6 heteroatoms. The predicted molar refractivity (Wildman–Crippen MR) is 50.0 cm³/mol. The number of rotatable bonds is 1. The zero-order valence-corrected chi connectivity index (χ0v) is 8.63. The fraction of sp³-hybridized carbons (Fsp3) is 0.714.